The normalized spacial score (nSPS) is 13.0. The fraction of sp³-hybridized carbons (Fsp3) is 0.611. The minimum Gasteiger partial charge on any atom is -0.297 e. The van der Waals surface area contributed by atoms with E-state index in [2.05, 4.69) is 37.4 Å². The zero-order chi connectivity index (χ0) is 17.0. The van der Waals surface area contributed by atoms with E-state index in [9.17, 15) is 4.79 Å². The van der Waals surface area contributed by atoms with Crippen molar-refractivity contribution in [3.63, 3.8) is 0 Å². The van der Waals surface area contributed by atoms with Crippen LogP contribution in [-0.2, 0) is 14.6 Å². The smallest absolute Gasteiger partial charge is 0.297 e. The van der Waals surface area contributed by atoms with Crippen LogP contribution in [-0.4, -0.2) is 19.6 Å². The van der Waals surface area contributed by atoms with Crippen LogP contribution < -0.4 is 5.19 Å². The second-order valence-corrected chi connectivity index (χ2v) is 13.1. The van der Waals surface area contributed by atoms with Crippen LogP contribution in [0.3, 0.4) is 0 Å². The van der Waals surface area contributed by atoms with Crippen molar-refractivity contribution in [2.45, 2.75) is 65.8 Å². The summed E-state index contributed by atoms with van der Waals surface area (Å²) >= 11 is 0. The maximum Gasteiger partial charge on any atom is 0.347 e. The van der Waals surface area contributed by atoms with Gasteiger partial charge in [-0.1, -0.05) is 54.7 Å². The second-order valence-electron chi connectivity index (χ2n) is 8.21. The largest absolute Gasteiger partial charge is 0.347 e. The molecule has 4 heteroatoms. The van der Waals surface area contributed by atoms with Gasteiger partial charge in [0.15, 0.2) is 0 Å². The molecule has 22 heavy (non-hydrogen) atoms. The van der Waals surface area contributed by atoms with E-state index in [1.807, 2.05) is 40.7 Å². The summed E-state index contributed by atoms with van der Waals surface area (Å²) in [7, 11) is -1.50. The van der Waals surface area contributed by atoms with Gasteiger partial charge < -0.3 is 0 Å². The molecule has 0 N–H and O–H groups in total. The molecule has 3 nitrogen and oxygen atoms in total. The predicted molar refractivity (Wildman–Crippen MR) is 93.7 cm³/mol. The number of hydrogen-bond acceptors (Lipinski definition) is 3. The number of carbonyl (C=O) groups excluding carboxylic acids is 1. The monoisotopic (exact) mass is 322 g/mol. The van der Waals surface area contributed by atoms with Crippen molar-refractivity contribution in [1.29, 1.82) is 0 Å². The Bertz CT molecular complexity index is 487. The Hall–Kier alpha value is -1.13. The Morgan fingerprint density at radius 3 is 2.09 bits per heavy atom. The number of carbonyl (C=O) groups is 1. The first-order valence-corrected chi connectivity index (χ1v) is 11.1. The van der Waals surface area contributed by atoms with Gasteiger partial charge in [-0.25, -0.2) is 4.79 Å². The average molecular weight is 323 g/mol. The van der Waals surface area contributed by atoms with Crippen molar-refractivity contribution in [3.8, 4) is 0 Å². The van der Waals surface area contributed by atoms with Crippen molar-refractivity contribution < 1.29 is 14.6 Å². The molecule has 0 spiro atoms. The predicted octanol–water partition coefficient (Wildman–Crippen LogP) is 4.29. The molecule has 0 aliphatic heterocycles. The van der Waals surface area contributed by atoms with Gasteiger partial charge in [0.2, 0.25) is 0 Å². The van der Waals surface area contributed by atoms with Gasteiger partial charge >= 0.3 is 5.97 Å². The molecule has 0 bridgehead atoms. The van der Waals surface area contributed by atoms with E-state index >= 15 is 0 Å². The van der Waals surface area contributed by atoms with Gasteiger partial charge in [0.25, 0.3) is 0 Å². The number of benzene rings is 1. The Balaban J connectivity index is 2.57. The third-order valence-electron chi connectivity index (χ3n) is 3.86. The molecule has 0 saturated heterocycles. The van der Waals surface area contributed by atoms with E-state index in [1.165, 1.54) is 5.19 Å². The van der Waals surface area contributed by atoms with Crippen LogP contribution in [0.1, 0.15) is 41.0 Å². The lowest BCUT2D eigenvalue weighted by atomic mass is 9.98. The molecule has 1 rings (SSSR count). The highest BCUT2D eigenvalue weighted by molar-refractivity contribution is 6.89. The van der Waals surface area contributed by atoms with Gasteiger partial charge in [-0.3, -0.25) is 4.89 Å². The second kappa shape index (κ2) is 6.96. The van der Waals surface area contributed by atoms with Gasteiger partial charge in [0, 0.05) is 0 Å². The summed E-state index contributed by atoms with van der Waals surface area (Å²) in [5.41, 5.74) is -1.02. The van der Waals surface area contributed by atoms with E-state index in [0.717, 1.165) is 12.5 Å². The quantitative estimate of drug-likeness (QED) is 0.445. The molecule has 0 fully saturated rings. The standard InChI is InChI=1S/C18H30O3Si/c1-17(2,3)16(19)20-21-18(4,5)13-14-22(6,7)15-11-9-8-10-12-15/h8-12H,13-14H2,1-7H3. The summed E-state index contributed by atoms with van der Waals surface area (Å²) in [6.45, 7) is 14.1. The summed E-state index contributed by atoms with van der Waals surface area (Å²) in [4.78, 5) is 22.2. The Morgan fingerprint density at radius 1 is 1.05 bits per heavy atom. The first kappa shape index (κ1) is 18.9. The molecule has 0 saturated carbocycles. The van der Waals surface area contributed by atoms with Crippen LogP contribution in [0.5, 0.6) is 0 Å². The molecule has 1 aromatic carbocycles. The maximum atomic E-state index is 11.8. The van der Waals surface area contributed by atoms with E-state index < -0.39 is 19.1 Å². The van der Waals surface area contributed by atoms with E-state index in [-0.39, 0.29) is 5.97 Å². The van der Waals surface area contributed by atoms with Crippen molar-refractivity contribution in [2.24, 2.45) is 5.41 Å². The highest BCUT2D eigenvalue weighted by Gasteiger charge is 2.31. The lowest BCUT2D eigenvalue weighted by Gasteiger charge is -2.29. The van der Waals surface area contributed by atoms with Gasteiger partial charge in [-0.05, 0) is 41.0 Å². The topological polar surface area (TPSA) is 35.5 Å². The van der Waals surface area contributed by atoms with Crippen molar-refractivity contribution >= 4 is 19.2 Å². The highest BCUT2D eigenvalue weighted by atomic mass is 28.3. The molecule has 124 valence electrons. The molecule has 0 aliphatic rings. The van der Waals surface area contributed by atoms with Gasteiger partial charge in [-0.2, -0.15) is 4.89 Å². The van der Waals surface area contributed by atoms with Gasteiger partial charge in [-0.15, -0.1) is 0 Å². The first-order valence-electron chi connectivity index (χ1n) is 7.90. The lowest BCUT2D eigenvalue weighted by Crippen LogP contribution is -2.43. The highest BCUT2D eigenvalue weighted by Crippen LogP contribution is 2.25. The van der Waals surface area contributed by atoms with Crippen molar-refractivity contribution in [2.75, 3.05) is 0 Å². The minimum atomic E-state index is -1.50. The molecular weight excluding hydrogens is 292 g/mol. The summed E-state index contributed by atoms with van der Waals surface area (Å²) in [6, 6.07) is 11.7. The Morgan fingerprint density at radius 2 is 1.59 bits per heavy atom. The Kier molecular flexibility index (Phi) is 5.99. The molecule has 0 heterocycles. The Labute approximate surface area is 136 Å². The van der Waals surface area contributed by atoms with E-state index in [1.54, 1.807) is 0 Å². The van der Waals surface area contributed by atoms with Crippen LogP contribution in [0.2, 0.25) is 19.1 Å². The number of hydrogen-bond donors (Lipinski definition) is 0. The molecule has 0 radical (unpaired) electrons. The molecule has 0 aliphatic carbocycles. The first-order chi connectivity index (χ1) is 9.94. The number of rotatable bonds is 6. The average Bonchev–Trinajstić information content (AvgIpc) is 2.43. The summed E-state index contributed by atoms with van der Waals surface area (Å²) in [5, 5.41) is 1.44. The van der Waals surface area contributed by atoms with Crippen LogP contribution >= 0.6 is 0 Å². The molecule has 0 unspecified atom stereocenters. The molecule has 0 atom stereocenters. The molecular formula is C18H30O3Si. The van der Waals surface area contributed by atoms with E-state index in [4.69, 9.17) is 9.78 Å². The van der Waals surface area contributed by atoms with Crippen LogP contribution in [0.25, 0.3) is 0 Å². The van der Waals surface area contributed by atoms with Gasteiger partial charge in [0.05, 0.1) is 13.5 Å². The van der Waals surface area contributed by atoms with Crippen molar-refractivity contribution in [3.05, 3.63) is 30.3 Å². The zero-order valence-corrected chi connectivity index (χ0v) is 16.0. The minimum absolute atomic E-state index is 0.333. The molecule has 0 amide bonds. The molecule has 0 aromatic heterocycles. The maximum absolute atomic E-state index is 11.8. The van der Waals surface area contributed by atoms with Crippen LogP contribution in [0.15, 0.2) is 30.3 Å². The van der Waals surface area contributed by atoms with Crippen LogP contribution in [0.4, 0.5) is 0 Å². The van der Waals surface area contributed by atoms with Crippen LogP contribution in [0, 0.1) is 5.41 Å². The lowest BCUT2D eigenvalue weighted by molar-refractivity contribution is -0.330. The van der Waals surface area contributed by atoms with Crippen molar-refractivity contribution in [1.82, 2.24) is 0 Å². The third-order valence-corrected chi connectivity index (χ3v) is 7.26. The summed E-state index contributed by atoms with van der Waals surface area (Å²) < 4.78 is 0. The summed E-state index contributed by atoms with van der Waals surface area (Å²) in [6.07, 6.45) is 0.860. The zero-order valence-electron chi connectivity index (χ0n) is 15.0. The summed E-state index contributed by atoms with van der Waals surface area (Å²) in [5.74, 6) is -0.333. The third kappa shape index (κ3) is 5.93. The van der Waals surface area contributed by atoms with Gasteiger partial charge in [0.1, 0.15) is 5.60 Å². The SMILES string of the molecule is CC(C)(CC[Si](C)(C)c1ccccc1)OOC(=O)C(C)(C)C. The fourth-order valence-electron chi connectivity index (χ4n) is 1.96. The molecule has 1 aromatic rings. The van der Waals surface area contributed by atoms with E-state index in [0.29, 0.717) is 0 Å². The fourth-order valence-corrected chi connectivity index (χ4v) is 4.58.